The number of carbonyl (C=O) groups is 1. The van der Waals surface area contributed by atoms with Crippen LogP contribution in [0.3, 0.4) is 0 Å². The van der Waals surface area contributed by atoms with Gasteiger partial charge >= 0.3 is 0 Å². The third-order valence-electron chi connectivity index (χ3n) is 3.92. The van der Waals surface area contributed by atoms with E-state index in [1.165, 1.54) is 22.5 Å². The van der Waals surface area contributed by atoms with Crippen molar-refractivity contribution in [3.63, 3.8) is 0 Å². The van der Waals surface area contributed by atoms with Gasteiger partial charge in [-0.05, 0) is 41.8 Å². The van der Waals surface area contributed by atoms with Gasteiger partial charge in [-0.3, -0.25) is 4.79 Å². The maximum atomic E-state index is 12.4. The van der Waals surface area contributed by atoms with E-state index in [0.29, 0.717) is 6.04 Å². The average Bonchev–Trinajstić information content (AvgIpc) is 2.99. The Bertz CT molecular complexity index is 576. The molecule has 1 aliphatic carbocycles. The summed E-state index contributed by atoms with van der Waals surface area (Å²) in [5.74, 6) is 0.152. The topological polar surface area (TPSA) is 20.3 Å². The van der Waals surface area contributed by atoms with Crippen molar-refractivity contribution >= 4 is 17.2 Å². The lowest BCUT2D eigenvalue weighted by Crippen LogP contribution is -2.40. The van der Waals surface area contributed by atoms with E-state index in [2.05, 4.69) is 24.3 Å². The highest BCUT2D eigenvalue weighted by atomic mass is 32.1. The molecule has 2 aromatic rings. The number of thiophene rings is 1. The predicted octanol–water partition coefficient (Wildman–Crippen LogP) is 3.38. The summed E-state index contributed by atoms with van der Waals surface area (Å²) in [5.41, 5.74) is 2.83. The minimum absolute atomic E-state index is 0.152. The summed E-state index contributed by atoms with van der Waals surface area (Å²) < 4.78 is 0. The van der Waals surface area contributed by atoms with Gasteiger partial charge in [-0.2, -0.15) is 0 Å². The molecule has 0 spiro atoms. The van der Waals surface area contributed by atoms with Crippen LogP contribution in [0.5, 0.6) is 0 Å². The molecule has 1 heterocycles. The van der Waals surface area contributed by atoms with Crippen LogP contribution in [0.25, 0.3) is 0 Å². The number of nitrogens with zero attached hydrogens (tertiary/aromatic N) is 1. The van der Waals surface area contributed by atoms with E-state index in [1.807, 2.05) is 29.5 Å². The summed E-state index contributed by atoms with van der Waals surface area (Å²) in [7, 11) is 1.93. The van der Waals surface area contributed by atoms with Crippen LogP contribution in [0.4, 0.5) is 0 Å². The van der Waals surface area contributed by atoms with Gasteiger partial charge in [0.1, 0.15) is 0 Å². The Balaban J connectivity index is 1.76. The molecule has 1 aliphatic rings. The third kappa shape index (κ3) is 2.43. The molecule has 2 nitrogen and oxygen atoms in total. The Morgan fingerprint density at radius 1 is 1.21 bits per heavy atom. The number of fused-ring (bicyclic) bond motifs is 1. The van der Waals surface area contributed by atoms with E-state index < -0.39 is 0 Å². The molecule has 98 valence electrons. The number of hydrogen-bond acceptors (Lipinski definition) is 2. The van der Waals surface area contributed by atoms with Gasteiger partial charge in [-0.1, -0.05) is 30.3 Å². The van der Waals surface area contributed by atoms with Crippen molar-refractivity contribution in [2.75, 3.05) is 7.05 Å². The standard InChI is InChI=1S/C16H17NOS/c1-17(16(18)15-7-4-10-19-15)14-9-8-12-5-2-3-6-13(12)11-14/h2-7,10,14H,8-9,11H2,1H3. The molecule has 0 fully saturated rings. The van der Waals surface area contributed by atoms with Gasteiger partial charge in [-0.15, -0.1) is 11.3 Å². The van der Waals surface area contributed by atoms with Gasteiger partial charge in [0.2, 0.25) is 0 Å². The first-order valence-electron chi connectivity index (χ1n) is 6.63. The first-order chi connectivity index (χ1) is 9.25. The number of aryl methyl sites for hydroxylation is 1. The normalized spacial score (nSPS) is 17.8. The molecule has 1 atom stereocenters. The zero-order chi connectivity index (χ0) is 13.2. The maximum Gasteiger partial charge on any atom is 0.263 e. The summed E-state index contributed by atoms with van der Waals surface area (Å²) in [6.07, 6.45) is 3.11. The summed E-state index contributed by atoms with van der Waals surface area (Å²) in [5, 5.41) is 1.96. The Labute approximate surface area is 117 Å². The van der Waals surface area contributed by atoms with Gasteiger partial charge in [-0.25, -0.2) is 0 Å². The van der Waals surface area contributed by atoms with Crippen molar-refractivity contribution in [1.82, 2.24) is 4.90 Å². The highest BCUT2D eigenvalue weighted by Gasteiger charge is 2.25. The number of amides is 1. The highest BCUT2D eigenvalue weighted by Crippen LogP contribution is 2.25. The van der Waals surface area contributed by atoms with Crippen molar-refractivity contribution < 1.29 is 4.79 Å². The van der Waals surface area contributed by atoms with Crippen molar-refractivity contribution in [2.45, 2.75) is 25.3 Å². The minimum Gasteiger partial charge on any atom is -0.338 e. The number of hydrogen-bond donors (Lipinski definition) is 0. The number of benzene rings is 1. The van der Waals surface area contributed by atoms with E-state index >= 15 is 0 Å². The van der Waals surface area contributed by atoms with Crippen LogP contribution < -0.4 is 0 Å². The zero-order valence-corrected chi connectivity index (χ0v) is 11.8. The SMILES string of the molecule is CN(C(=O)c1cccs1)C1CCc2ccccc2C1. The summed E-state index contributed by atoms with van der Waals surface area (Å²) >= 11 is 1.52. The van der Waals surface area contributed by atoms with Crippen LogP contribution in [0.1, 0.15) is 27.2 Å². The number of likely N-dealkylation sites (N-methyl/N-ethyl adjacent to an activating group) is 1. The summed E-state index contributed by atoms with van der Waals surface area (Å²) in [6, 6.07) is 12.7. The van der Waals surface area contributed by atoms with Crippen molar-refractivity contribution in [3.05, 3.63) is 57.8 Å². The molecular weight excluding hydrogens is 254 g/mol. The van der Waals surface area contributed by atoms with Crippen molar-refractivity contribution in [3.8, 4) is 0 Å². The second kappa shape index (κ2) is 5.17. The molecule has 0 saturated heterocycles. The Morgan fingerprint density at radius 2 is 2.00 bits per heavy atom. The number of rotatable bonds is 2. The molecule has 19 heavy (non-hydrogen) atoms. The van der Waals surface area contributed by atoms with Crippen LogP contribution in [-0.4, -0.2) is 23.9 Å². The van der Waals surface area contributed by atoms with E-state index in [4.69, 9.17) is 0 Å². The maximum absolute atomic E-state index is 12.4. The molecule has 1 aromatic carbocycles. The average molecular weight is 271 g/mol. The van der Waals surface area contributed by atoms with E-state index in [0.717, 1.165) is 24.1 Å². The van der Waals surface area contributed by atoms with Gasteiger partial charge in [0.05, 0.1) is 4.88 Å². The van der Waals surface area contributed by atoms with E-state index in [-0.39, 0.29) is 5.91 Å². The highest BCUT2D eigenvalue weighted by molar-refractivity contribution is 7.12. The first-order valence-corrected chi connectivity index (χ1v) is 7.51. The quantitative estimate of drug-likeness (QED) is 0.820. The van der Waals surface area contributed by atoms with Crippen LogP contribution in [0.2, 0.25) is 0 Å². The smallest absolute Gasteiger partial charge is 0.263 e. The van der Waals surface area contributed by atoms with Gasteiger partial charge in [0.15, 0.2) is 0 Å². The molecule has 1 amide bonds. The second-order valence-electron chi connectivity index (χ2n) is 5.06. The predicted molar refractivity (Wildman–Crippen MR) is 78.7 cm³/mol. The van der Waals surface area contributed by atoms with Crippen molar-refractivity contribution in [2.24, 2.45) is 0 Å². The van der Waals surface area contributed by atoms with E-state index in [9.17, 15) is 4.79 Å². The summed E-state index contributed by atoms with van der Waals surface area (Å²) in [6.45, 7) is 0. The van der Waals surface area contributed by atoms with Crippen LogP contribution in [0.15, 0.2) is 41.8 Å². The summed E-state index contributed by atoms with van der Waals surface area (Å²) in [4.78, 5) is 15.1. The third-order valence-corrected chi connectivity index (χ3v) is 4.78. The molecule has 3 rings (SSSR count). The van der Waals surface area contributed by atoms with E-state index in [1.54, 1.807) is 0 Å². The van der Waals surface area contributed by atoms with Gasteiger partial charge < -0.3 is 4.90 Å². The molecule has 0 saturated carbocycles. The molecule has 3 heteroatoms. The Morgan fingerprint density at radius 3 is 2.74 bits per heavy atom. The van der Waals surface area contributed by atoms with Crippen molar-refractivity contribution in [1.29, 1.82) is 0 Å². The lowest BCUT2D eigenvalue weighted by Gasteiger charge is -2.32. The van der Waals surface area contributed by atoms with Gasteiger partial charge in [0.25, 0.3) is 5.91 Å². The minimum atomic E-state index is 0.152. The second-order valence-corrected chi connectivity index (χ2v) is 6.01. The molecule has 1 unspecified atom stereocenters. The van der Waals surface area contributed by atoms with Crippen LogP contribution >= 0.6 is 11.3 Å². The fraction of sp³-hybridized carbons (Fsp3) is 0.312. The monoisotopic (exact) mass is 271 g/mol. The van der Waals surface area contributed by atoms with Crippen LogP contribution in [0, 0.1) is 0 Å². The number of carbonyl (C=O) groups excluding carboxylic acids is 1. The van der Waals surface area contributed by atoms with Gasteiger partial charge in [0, 0.05) is 13.1 Å². The molecular formula is C16H17NOS. The largest absolute Gasteiger partial charge is 0.338 e. The Kier molecular flexibility index (Phi) is 3.38. The van der Waals surface area contributed by atoms with Crippen LogP contribution in [-0.2, 0) is 12.8 Å². The molecule has 1 aromatic heterocycles. The fourth-order valence-electron chi connectivity index (χ4n) is 2.75. The Hall–Kier alpha value is -1.61. The lowest BCUT2D eigenvalue weighted by molar-refractivity contribution is 0.0724. The molecule has 0 aliphatic heterocycles. The molecule has 0 N–H and O–H groups in total. The fourth-order valence-corrected chi connectivity index (χ4v) is 3.45. The first kappa shape index (κ1) is 12.4. The molecule has 0 radical (unpaired) electrons. The lowest BCUT2D eigenvalue weighted by atomic mass is 9.87. The molecule has 0 bridgehead atoms. The zero-order valence-electron chi connectivity index (χ0n) is 11.0.